The van der Waals surface area contributed by atoms with Gasteiger partial charge in [-0.3, -0.25) is 14.3 Å². The number of aryl methyl sites for hydroxylation is 1. The molecule has 0 aliphatic rings. The molecule has 0 unspecified atom stereocenters. The van der Waals surface area contributed by atoms with Crippen molar-refractivity contribution in [3.8, 4) is 5.75 Å². The Hall–Kier alpha value is -4.28. The second-order valence-electron chi connectivity index (χ2n) is 11.9. The number of hydrogen-bond donors (Lipinski definition) is 3. The quantitative estimate of drug-likeness (QED) is 0.162. The minimum absolute atomic E-state index is 0.0170. The van der Waals surface area contributed by atoms with E-state index in [0.29, 0.717) is 22.8 Å². The molecule has 0 radical (unpaired) electrons. The second-order valence-corrected chi connectivity index (χ2v) is 14.7. The van der Waals surface area contributed by atoms with Gasteiger partial charge in [0.25, 0.3) is 15.9 Å². The predicted molar refractivity (Wildman–Crippen MR) is 179 cm³/mol. The van der Waals surface area contributed by atoms with Gasteiger partial charge >= 0.3 is 0 Å². The van der Waals surface area contributed by atoms with Crippen LogP contribution < -0.4 is 20.5 Å². The smallest absolute Gasteiger partial charge is 0.261 e. The Morgan fingerprint density at radius 2 is 1.62 bits per heavy atom. The monoisotopic (exact) mass is 645 g/mol. The van der Waals surface area contributed by atoms with Gasteiger partial charge in [-0.15, -0.1) is 0 Å². The molecule has 10 heteroatoms. The average molecular weight is 646 g/mol. The van der Waals surface area contributed by atoms with Gasteiger partial charge in [0.05, 0.1) is 17.6 Å². The number of amides is 2. The summed E-state index contributed by atoms with van der Waals surface area (Å²) in [4.78, 5) is 27.2. The Labute approximate surface area is 269 Å². The van der Waals surface area contributed by atoms with Crippen LogP contribution in [-0.2, 0) is 26.7 Å². The van der Waals surface area contributed by atoms with Crippen LogP contribution in [0.15, 0.2) is 106 Å². The van der Waals surface area contributed by atoms with Crippen LogP contribution in [0.5, 0.6) is 5.75 Å². The highest BCUT2D eigenvalue weighted by Crippen LogP contribution is 2.33. The zero-order valence-corrected chi connectivity index (χ0v) is 27.7. The maximum Gasteiger partial charge on any atom is 0.261 e. The zero-order valence-electron chi connectivity index (χ0n) is 26.1. The molecule has 4 rings (SSSR count). The lowest BCUT2D eigenvalue weighted by molar-refractivity contribution is -0.118. The van der Waals surface area contributed by atoms with Crippen molar-refractivity contribution in [3.05, 3.63) is 113 Å². The molecule has 8 nitrogen and oxygen atoms in total. The van der Waals surface area contributed by atoms with Crippen LogP contribution in [0.25, 0.3) is 0 Å². The van der Waals surface area contributed by atoms with E-state index in [1.807, 2.05) is 49.4 Å². The number of rotatable bonds is 12. The third-order valence-electron chi connectivity index (χ3n) is 7.15. The number of nitrogens with two attached hydrogens (primary N) is 1. The lowest BCUT2D eigenvalue weighted by atomic mass is 9.86. The van der Waals surface area contributed by atoms with Gasteiger partial charge in [-0.05, 0) is 90.0 Å². The van der Waals surface area contributed by atoms with Gasteiger partial charge in [0, 0.05) is 27.9 Å². The van der Waals surface area contributed by atoms with Crippen molar-refractivity contribution >= 4 is 39.3 Å². The van der Waals surface area contributed by atoms with Gasteiger partial charge in [0.2, 0.25) is 5.91 Å². The molecular formula is C35H39N3O5S2. The highest BCUT2D eigenvalue weighted by Gasteiger charge is 2.23. The Kier molecular flexibility index (Phi) is 10.6. The molecule has 45 heavy (non-hydrogen) atoms. The molecule has 0 spiro atoms. The first kappa shape index (κ1) is 33.6. The first-order valence-corrected chi connectivity index (χ1v) is 16.8. The highest BCUT2D eigenvalue weighted by atomic mass is 32.2. The number of carbonyl (C=O) groups is 2. The number of methoxy groups -OCH3 is 1. The zero-order chi connectivity index (χ0) is 32.8. The summed E-state index contributed by atoms with van der Waals surface area (Å²) in [5.41, 5.74) is 9.12. The molecule has 0 bridgehead atoms. The van der Waals surface area contributed by atoms with E-state index in [1.54, 1.807) is 43.5 Å². The Bertz CT molecular complexity index is 1760. The van der Waals surface area contributed by atoms with Crippen LogP contribution in [-0.4, -0.2) is 33.4 Å². The van der Waals surface area contributed by atoms with Crippen LogP contribution in [0.1, 0.15) is 54.2 Å². The molecule has 0 fully saturated rings. The molecule has 4 aromatic carbocycles. The minimum Gasteiger partial charge on any atom is -0.497 e. The molecule has 0 aliphatic heterocycles. The molecule has 4 aromatic rings. The Morgan fingerprint density at radius 3 is 2.22 bits per heavy atom. The van der Waals surface area contributed by atoms with Gasteiger partial charge in [-0.1, -0.05) is 68.9 Å². The summed E-state index contributed by atoms with van der Waals surface area (Å²) >= 11 is 1.31. The molecule has 0 heterocycles. The van der Waals surface area contributed by atoms with E-state index in [4.69, 9.17) is 10.5 Å². The van der Waals surface area contributed by atoms with Crippen LogP contribution in [0.3, 0.4) is 0 Å². The van der Waals surface area contributed by atoms with Crippen molar-refractivity contribution < 1.29 is 22.7 Å². The number of benzene rings is 4. The van der Waals surface area contributed by atoms with Crippen LogP contribution in [0.4, 0.5) is 5.69 Å². The van der Waals surface area contributed by atoms with Crippen LogP contribution in [0.2, 0.25) is 0 Å². The van der Waals surface area contributed by atoms with E-state index in [9.17, 15) is 18.0 Å². The maximum atomic E-state index is 13.9. The van der Waals surface area contributed by atoms with Gasteiger partial charge in [0.1, 0.15) is 5.75 Å². The standard InChI is InChI=1S/C35H39N3O5S2/c1-23-7-6-8-26(19-23)38-45(41,42)30-17-18-32(44-29-15-13-28(43-5)14-16-29)31(22-30)34(40)37-27(21-33(36)39)20-24-9-11-25(12-10-24)35(2,3)4/h6-19,22,27,38H,20-21H2,1-5H3,(H2,36,39)(H,37,40)/t27-/m1/s1. The van der Waals surface area contributed by atoms with Crippen molar-refractivity contribution in [2.45, 2.75) is 66.7 Å². The summed E-state index contributed by atoms with van der Waals surface area (Å²) < 4.78 is 34.7. The molecule has 0 saturated heterocycles. The van der Waals surface area contributed by atoms with Crippen molar-refractivity contribution in [2.75, 3.05) is 11.8 Å². The molecule has 2 amide bonds. The van der Waals surface area contributed by atoms with Gasteiger partial charge in [0.15, 0.2) is 0 Å². The van der Waals surface area contributed by atoms with Crippen molar-refractivity contribution in [1.82, 2.24) is 5.32 Å². The molecule has 0 aliphatic carbocycles. The van der Waals surface area contributed by atoms with E-state index < -0.39 is 27.9 Å². The summed E-state index contributed by atoms with van der Waals surface area (Å²) in [5, 5.41) is 2.95. The normalized spacial score (nSPS) is 12.3. The molecule has 0 aromatic heterocycles. The first-order chi connectivity index (χ1) is 21.2. The summed E-state index contributed by atoms with van der Waals surface area (Å²) in [6.07, 6.45) is 0.285. The lowest BCUT2D eigenvalue weighted by Gasteiger charge is -2.21. The minimum atomic E-state index is -4.03. The Morgan fingerprint density at radius 1 is 0.933 bits per heavy atom. The summed E-state index contributed by atoms with van der Waals surface area (Å²) in [5.74, 6) is -0.389. The fraction of sp³-hybridized carbons (Fsp3) is 0.257. The summed E-state index contributed by atoms with van der Waals surface area (Å²) in [6.45, 7) is 8.26. The van der Waals surface area contributed by atoms with Crippen LogP contribution in [0, 0.1) is 6.92 Å². The van der Waals surface area contributed by atoms with Gasteiger partial charge < -0.3 is 15.8 Å². The molecular weight excluding hydrogens is 607 g/mol. The number of hydrogen-bond acceptors (Lipinski definition) is 6. The number of primary amides is 1. The lowest BCUT2D eigenvalue weighted by Crippen LogP contribution is -2.39. The predicted octanol–water partition coefficient (Wildman–Crippen LogP) is 6.47. The summed E-state index contributed by atoms with van der Waals surface area (Å²) in [7, 11) is -2.45. The van der Waals surface area contributed by atoms with E-state index in [1.165, 1.54) is 29.5 Å². The van der Waals surface area contributed by atoms with Gasteiger partial charge in [-0.2, -0.15) is 0 Å². The van der Waals surface area contributed by atoms with E-state index >= 15 is 0 Å². The van der Waals surface area contributed by atoms with E-state index in [2.05, 4.69) is 30.8 Å². The van der Waals surface area contributed by atoms with Crippen molar-refractivity contribution in [1.29, 1.82) is 0 Å². The van der Waals surface area contributed by atoms with Crippen molar-refractivity contribution in [2.24, 2.45) is 5.73 Å². The fourth-order valence-electron chi connectivity index (χ4n) is 4.74. The Balaban J connectivity index is 1.67. The number of sulfonamides is 1. The third-order valence-corrected chi connectivity index (χ3v) is 9.61. The molecule has 1 atom stereocenters. The number of anilines is 1. The molecule has 0 saturated carbocycles. The highest BCUT2D eigenvalue weighted by molar-refractivity contribution is 7.99. The van der Waals surface area contributed by atoms with Crippen molar-refractivity contribution in [3.63, 3.8) is 0 Å². The SMILES string of the molecule is COc1ccc(Sc2ccc(S(=O)(=O)Nc3cccc(C)c3)cc2C(=O)N[C@@H](CC(N)=O)Cc2ccc(C(C)(C)C)cc2)cc1. The van der Waals surface area contributed by atoms with E-state index in [0.717, 1.165) is 16.0 Å². The van der Waals surface area contributed by atoms with Crippen LogP contribution >= 0.6 is 11.8 Å². The molecule has 236 valence electrons. The first-order valence-electron chi connectivity index (χ1n) is 14.5. The van der Waals surface area contributed by atoms with E-state index in [-0.39, 0.29) is 22.3 Å². The number of carbonyl (C=O) groups excluding carboxylic acids is 2. The maximum absolute atomic E-state index is 13.9. The summed E-state index contributed by atoms with van der Waals surface area (Å²) in [6, 6.07) is 26.2. The number of nitrogens with one attached hydrogen (secondary N) is 2. The fourth-order valence-corrected chi connectivity index (χ4v) is 6.74. The largest absolute Gasteiger partial charge is 0.497 e. The van der Waals surface area contributed by atoms with Gasteiger partial charge in [-0.25, -0.2) is 8.42 Å². The number of ether oxygens (including phenoxy) is 1. The second kappa shape index (κ2) is 14.2. The molecule has 4 N–H and O–H groups in total. The topological polar surface area (TPSA) is 128 Å². The third kappa shape index (κ3) is 9.36. The average Bonchev–Trinajstić information content (AvgIpc) is 2.97.